The lowest BCUT2D eigenvalue weighted by Crippen LogP contribution is -2.56. The zero-order chi connectivity index (χ0) is 22.2. The van der Waals surface area contributed by atoms with Gasteiger partial charge in [0.05, 0.1) is 37.3 Å². The molecule has 2 aliphatic rings. The first kappa shape index (κ1) is 20.4. The van der Waals surface area contributed by atoms with Gasteiger partial charge in [0.25, 0.3) is 0 Å². The number of nitrogens with zero attached hydrogens (tertiary/aromatic N) is 4. The Kier molecular flexibility index (Phi) is 5.22. The topological polar surface area (TPSA) is 83.4 Å². The molecule has 0 radical (unpaired) electrons. The van der Waals surface area contributed by atoms with E-state index < -0.39 is 6.17 Å². The molecule has 3 aromatic rings. The molecule has 2 unspecified atom stereocenters. The Balaban J connectivity index is 1.36. The quantitative estimate of drug-likeness (QED) is 0.597. The molecule has 1 fully saturated rings. The Labute approximate surface area is 185 Å². The molecule has 5 rings (SSSR count). The molecule has 4 atom stereocenters. The van der Waals surface area contributed by atoms with E-state index >= 15 is 0 Å². The lowest BCUT2D eigenvalue weighted by molar-refractivity contribution is 0.187. The fourth-order valence-corrected chi connectivity index (χ4v) is 4.40. The van der Waals surface area contributed by atoms with Gasteiger partial charge in [-0.3, -0.25) is 4.98 Å². The zero-order valence-corrected chi connectivity index (χ0v) is 17.8. The number of phenols is 1. The molecule has 0 aliphatic carbocycles. The summed E-state index contributed by atoms with van der Waals surface area (Å²) in [4.78, 5) is 14.9. The summed E-state index contributed by atoms with van der Waals surface area (Å²) >= 11 is 0. The van der Waals surface area contributed by atoms with Gasteiger partial charge in [0.2, 0.25) is 5.88 Å². The van der Waals surface area contributed by atoms with Crippen molar-refractivity contribution in [2.24, 2.45) is 0 Å². The van der Waals surface area contributed by atoms with Crippen molar-refractivity contribution in [2.45, 2.75) is 30.7 Å². The van der Waals surface area contributed by atoms with Crippen LogP contribution in [0.1, 0.15) is 6.42 Å². The lowest BCUT2D eigenvalue weighted by atomic mass is 9.95. The Morgan fingerprint density at radius 2 is 1.94 bits per heavy atom. The molecular weight excluding hydrogens is 409 g/mol. The molecule has 2 bridgehead atoms. The van der Waals surface area contributed by atoms with E-state index in [0.29, 0.717) is 29.4 Å². The number of nitrogens with one attached hydrogen (secondary N) is 1. The summed E-state index contributed by atoms with van der Waals surface area (Å²) in [5.41, 5.74) is 2.83. The molecule has 7 nitrogen and oxygen atoms in total. The number of ether oxygens (including phenoxy) is 1. The number of anilines is 1. The largest absolute Gasteiger partial charge is 0.507 e. The molecule has 1 saturated heterocycles. The summed E-state index contributed by atoms with van der Waals surface area (Å²) in [6, 6.07) is 8.72. The van der Waals surface area contributed by atoms with Crippen molar-refractivity contribution in [3.8, 4) is 34.0 Å². The average molecular weight is 433 g/mol. The molecule has 2 aromatic heterocycles. The van der Waals surface area contributed by atoms with E-state index in [0.717, 1.165) is 11.1 Å². The van der Waals surface area contributed by atoms with Gasteiger partial charge < -0.3 is 20.1 Å². The van der Waals surface area contributed by atoms with Gasteiger partial charge in [-0.15, -0.1) is 0 Å². The Bertz CT molecular complexity index is 1150. The minimum Gasteiger partial charge on any atom is -0.507 e. The highest BCUT2D eigenvalue weighted by atomic mass is 19.1. The Morgan fingerprint density at radius 3 is 2.69 bits per heavy atom. The number of hydrogen-bond acceptors (Lipinski definition) is 7. The van der Waals surface area contributed by atoms with Gasteiger partial charge in [0.1, 0.15) is 17.7 Å². The van der Waals surface area contributed by atoms with E-state index in [1.54, 1.807) is 43.9 Å². The number of alkyl halides is 1. The van der Waals surface area contributed by atoms with Crippen LogP contribution in [0.3, 0.4) is 0 Å². The van der Waals surface area contributed by atoms with Crippen molar-refractivity contribution in [1.82, 2.24) is 20.3 Å². The number of fused-ring (bicyclic) bond motifs is 2. The third-order valence-corrected chi connectivity index (χ3v) is 6.21. The second-order valence-electron chi connectivity index (χ2n) is 8.12. The van der Waals surface area contributed by atoms with Crippen LogP contribution in [0.4, 0.5) is 10.2 Å². The van der Waals surface area contributed by atoms with Gasteiger partial charge in [0, 0.05) is 30.9 Å². The van der Waals surface area contributed by atoms with Crippen molar-refractivity contribution < 1.29 is 14.2 Å². The summed E-state index contributed by atoms with van der Waals surface area (Å²) in [7, 11) is 3.41. The fraction of sp³-hybridized carbons (Fsp3) is 0.292. The van der Waals surface area contributed by atoms with E-state index in [1.807, 2.05) is 36.2 Å². The van der Waals surface area contributed by atoms with Gasteiger partial charge in [-0.1, -0.05) is 18.2 Å². The number of hydrogen-bond donors (Lipinski definition) is 2. The number of aromatic nitrogens is 3. The number of benzene rings is 1. The zero-order valence-electron chi connectivity index (χ0n) is 17.8. The third kappa shape index (κ3) is 3.67. The van der Waals surface area contributed by atoms with Crippen LogP contribution in [-0.4, -0.2) is 58.5 Å². The Morgan fingerprint density at radius 1 is 1.09 bits per heavy atom. The van der Waals surface area contributed by atoms with Gasteiger partial charge in [-0.25, -0.2) is 14.4 Å². The van der Waals surface area contributed by atoms with Crippen LogP contribution in [-0.2, 0) is 0 Å². The predicted molar refractivity (Wildman–Crippen MR) is 120 cm³/mol. The molecule has 2 aliphatic heterocycles. The molecule has 0 saturated carbocycles. The minimum atomic E-state index is -1.01. The van der Waals surface area contributed by atoms with Crippen LogP contribution < -0.4 is 15.0 Å². The highest BCUT2D eigenvalue weighted by molar-refractivity contribution is 5.74. The maximum atomic E-state index is 14.8. The highest BCUT2D eigenvalue weighted by Gasteiger charge is 2.41. The Hall–Kier alpha value is -3.52. The maximum Gasteiger partial charge on any atom is 0.213 e. The smallest absolute Gasteiger partial charge is 0.213 e. The van der Waals surface area contributed by atoms with Crippen molar-refractivity contribution in [3.63, 3.8) is 0 Å². The van der Waals surface area contributed by atoms with Gasteiger partial charge in [-0.2, -0.15) is 0 Å². The molecule has 8 heteroatoms. The number of phenolic OH excluding ortho intramolecular Hbond substituents is 1. The van der Waals surface area contributed by atoms with Crippen LogP contribution in [0, 0.1) is 0 Å². The predicted octanol–water partition coefficient (Wildman–Crippen LogP) is 3.36. The summed E-state index contributed by atoms with van der Waals surface area (Å²) in [5, 5.41) is 13.9. The van der Waals surface area contributed by atoms with Gasteiger partial charge in [-0.05, 0) is 35.7 Å². The third-order valence-electron chi connectivity index (χ3n) is 6.21. The SMILES string of the molecule is COc1cc(-c2ccc(-c3cnc(N(C)[C@@H]4CC5C=CC(N5)[C@@H]4F)cn3)c(O)c2)ccn1. The molecule has 164 valence electrons. The first-order valence-electron chi connectivity index (χ1n) is 10.5. The van der Waals surface area contributed by atoms with Gasteiger partial charge in [0.15, 0.2) is 0 Å². The van der Waals surface area contributed by atoms with Crippen molar-refractivity contribution >= 4 is 5.82 Å². The molecular formula is C24H24FN5O2. The number of methoxy groups -OCH3 is 1. The van der Waals surface area contributed by atoms with E-state index in [1.165, 1.54) is 0 Å². The van der Waals surface area contributed by atoms with Crippen LogP contribution in [0.15, 0.2) is 61.1 Å². The standard InChI is InChI=1S/C24H24FN5O2/c1-30(20-11-16-4-6-18(29-16)24(20)25)22-13-27-19(12-28-22)17-5-3-14(9-21(17)31)15-7-8-26-23(10-15)32-2/h3-10,12-13,16,18,20,24,29,31H,11H2,1-2H3/t16?,18?,20-,24+/m1/s1. The second kappa shape index (κ2) is 8.20. The first-order chi connectivity index (χ1) is 15.5. The summed E-state index contributed by atoms with van der Waals surface area (Å²) in [5.74, 6) is 1.20. The normalized spacial score (nSPS) is 23.8. The van der Waals surface area contributed by atoms with E-state index in [-0.39, 0.29) is 23.9 Å². The van der Waals surface area contributed by atoms with Crippen molar-refractivity contribution in [2.75, 3.05) is 19.1 Å². The van der Waals surface area contributed by atoms with Crippen LogP contribution >= 0.6 is 0 Å². The number of piperidine rings is 1. The summed E-state index contributed by atoms with van der Waals surface area (Å²) in [6.45, 7) is 0. The molecule has 0 spiro atoms. The molecule has 4 heterocycles. The molecule has 2 N–H and O–H groups in total. The number of aromatic hydroxyl groups is 1. The van der Waals surface area contributed by atoms with Crippen molar-refractivity contribution in [1.29, 1.82) is 0 Å². The van der Waals surface area contributed by atoms with Crippen molar-refractivity contribution in [3.05, 3.63) is 61.1 Å². The fourth-order valence-electron chi connectivity index (χ4n) is 4.40. The van der Waals surface area contributed by atoms with Gasteiger partial charge >= 0.3 is 0 Å². The van der Waals surface area contributed by atoms with E-state index in [9.17, 15) is 9.50 Å². The second-order valence-corrected chi connectivity index (χ2v) is 8.12. The molecule has 0 amide bonds. The summed E-state index contributed by atoms with van der Waals surface area (Å²) < 4.78 is 20.0. The number of pyridine rings is 1. The number of rotatable bonds is 5. The summed E-state index contributed by atoms with van der Waals surface area (Å²) in [6.07, 6.45) is 8.50. The average Bonchev–Trinajstić information content (AvgIpc) is 3.24. The van der Waals surface area contributed by atoms with E-state index in [4.69, 9.17) is 4.74 Å². The van der Waals surface area contributed by atoms with Crippen LogP contribution in [0.2, 0.25) is 0 Å². The highest BCUT2D eigenvalue weighted by Crippen LogP contribution is 2.34. The minimum absolute atomic E-state index is 0.0958. The van der Waals surface area contributed by atoms with Crippen LogP contribution in [0.25, 0.3) is 22.4 Å². The first-order valence-corrected chi connectivity index (χ1v) is 10.5. The molecule has 32 heavy (non-hydrogen) atoms. The lowest BCUT2D eigenvalue weighted by Gasteiger charge is -2.38. The van der Waals surface area contributed by atoms with Crippen LogP contribution in [0.5, 0.6) is 11.6 Å². The molecule has 1 aromatic carbocycles. The maximum absolute atomic E-state index is 14.8. The van der Waals surface area contributed by atoms with E-state index in [2.05, 4.69) is 20.3 Å². The monoisotopic (exact) mass is 433 g/mol. The number of halogens is 1.